The first-order chi connectivity index (χ1) is 18.8. The van der Waals surface area contributed by atoms with Gasteiger partial charge in [0.25, 0.3) is 5.91 Å². The van der Waals surface area contributed by atoms with E-state index in [9.17, 15) is 14.9 Å². The Kier molecular flexibility index (Phi) is 8.43. The molecule has 1 saturated heterocycles. The summed E-state index contributed by atoms with van der Waals surface area (Å²) in [6.07, 6.45) is 3.38. The minimum atomic E-state index is -0.190. The molecule has 1 unspecified atom stereocenters. The molecule has 2 aliphatic rings. The van der Waals surface area contributed by atoms with Crippen LogP contribution in [-0.4, -0.2) is 72.2 Å². The molecule has 212 valence electrons. The number of ether oxygens (including phenoxy) is 1. The molecule has 0 spiro atoms. The van der Waals surface area contributed by atoms with Crippen molar-refractivity contribution in [2.45, 2.75) is 63.6 Å². The van der Waals surface area contributed by atoms with Crippen LogP contribution in [0.4, 0.5) is 0 Å². The second kappa shape index (κ2) is 11.5. The average molecular weight is 565 g/mol. The average Bonchev–Trinajstić information content (AvgIpc) is 3.31. The molecule has 2 aromatic carbocycles. The van der Waals surface area contributed by atoms with Gasteiger partial charge in [-0.2, -0.15) is 10.4 Å². The number of nitrogens with one attached hydrogen (secondary N) is 2. The number of piperidine rings is 1. The lowest BCUT2D eigenvalue weighted by Crippen LogP contribution is -2.62. The number of nitrogens with zero attached hydrogens (tertiary/aromatic N) is 4. The Hall–Kier alpha value is -3.61. The molecule has 2 aliphatic heterocycles. The topological polar surface area (TPSA) is 110 Å². The number of likely N-dealkylation sites (N-methyl/N-ethyl adjacent to an activating group) is 1. The van der Waals surface area contributed by atoms with Crippen LogP contribution < -0.4 is 15.4 Å². The van der Waals surface area contributed by atoms with Crippen LogP contribution in [0.15, 0.2) is 41.5 Å². The molecule has 2 amide bonds. The summed E-state index contributed by atoms with van der Waals surface area (Å²) in [5.74, 6) is 0.290. The van der Waals surface area contributed by atoms with E-state index < -0.39 is 0 Å². The Bertz CT molecular complexity index is 1350. The van der Waals surface area contributed by atoms with Crippen LogP contribution in [0.1, 0.15) is 67.9 Å². The summed E-state index contributed by atoms with van der Waals surface area (Å²) in [6, 6.07) is 12.6. The van der Waals surface area contributed by atoms with Crippen molar-refractivity contribution in [1.82, 2.24) is 20.5 Å². The second-order valence-corrected chi connectivity index (χ2v) is 12.5. The van der Waals surface area contributed by atoms with Gasteiger partial charge in [-0.25, -0.2) is 0 Å². The van der Waals surface area contributed by atoms with E-state index in [0.717, 1.165) is 18.4 Å². The van der Waals surface area contributed by atoms with E-state index >= 15 is 0 Å². The highest BCUT2D eigenvalue weighted by atomic mass is 35.5. The Labute approximate surface area is 241 Å². The van der Waals surface area contributed by atoms with Crippen LogP contribution in [0.25, 0.3) is 0 Å². The van der Waals surface area contributed by atoms with Crippen LogP contribution >= 0.6 is 11.6 Å². The van der Waals surface area contributed by atoms with Crippen LogP contribution in [0.3, 0.4) is 0 Å². The monoisotopic (exact) mass is 564 g/mol. The van der Waals surface area contributed by atoms with Gasteiger partial charge < -0.3 is 20.3 Å². The molecule has 0 radical (unpaired) electrons. The summed E-state index contributed by atoms with van der Waals surface area (Å²) in [6.45, 7) is 9.21. The molecule has 2 N–H and O–H groups in total. The first-order valence-electron chi connectivity index (χ1n) is 13.4. The van der Waals surface area contributed by atoms with E-state index in [2.05, 4.69) is 49.5 Å². The predicted molar refractivity (Wildman–Crippen MR) is 156 cm³/mol. The number of amides is 2. The molecule has 1 atom stereocenters. The fourth-order valence-corrected chi connectivity index (χ4v) is 5.89. The Morgan fingerprint density at radius 2 is 1.88 bits per heavy atom. The van der Waals surface area contributed by atoms with Gasteiger partial charge in [0.1, 0.15) is 24.1 Å². The third-order valence-corrected chi connectivity index (χ3v) is 7.44. The molecule has 0 saturated carbocycles. The van der Waals surface area contributed by atoms with E-state index in [1.165, 1.54) is 4.90 Å². The zero-order chi connectivity index (χ0) is 29.2. The summed E-state index contributed by atoms with van der Waals surface area (Å²) in [5.41, 5.74) is 1.38. The molecule has 0 bridgehead atoms. The summed E-state index contributed by atoms with van der Waals surface area (Å²) in [5, 5.41) is 23.1. The maximum Gasteiger partial charge on any atom is 0.251 e. The number of hydrazone groups is 1. The number of halogens is 1. The smallest absolute Gasteiger partial charge is 0.251 e. The van der Waals surface area contributed by atoms with Gasteiger partial charge in [0.15, 0.2) is 0 Å². The Balaban J connectivity index is 1.46. The van der Waals surface area contributed by atoms with Crippen LogP contribution in [0.2, 0.25) is 5.02 Å². The van der Waals surface area contributed by atoms with Gasteiger partial charge in [0.05, 0.1) is 10.6 Å². The first kappa shape index (κ1) is 29.4. The van der Waals surface area contributed by atoms with Crippen molar-refractivity contribution in [1.29, 1.82) is 5.26 Å². The largest absolute Gasteiger partial charge is 0.454 e. The van der Waals surface area contributed by atoms with E-state index in [4.69, 9.17) is 16.3 Å². The molecular weight excluding hydrogens is 528 g/mol. The lowest BCUT2D eigenvalue weighted by atomic mass is 9.79. The van der Waals surface area contributed by atoms with Gasteiger partial charge >= 0.3 is 0 Å². The van der Waals surface area contributed by atoms with Crippen molar-refractivity contribution in [2.24, 2.45) is 5.10 Å². The number of carbonyl (C=O) groups is 2. The molecule has 2 aromatic rings. The van der Waals surface area contributed by atoms with Crippen LogP contribution in [0, 0.1) is 11.3 Å². The number of carbonyl (C=O) groups excluding carboxylic acids is 2. The van der Waals surface area contributed by atoms with Crippen molar-refractivity contribution in [2.75, 3.05) is 27.2 Å². The lowest BCUT2D eigenvalue weighted by Gasteiger charge is -2.46. The maximum atomic E-state index is 13.1. The maximum absolute atomic E-state index is 13.1. The number of hydrogen-bond donors (Lipinski definition) is 2. The van der Waals surface area contributed by atoms with Gasteiger partial charge in [0.2, 0.25) is 5.91 Å². The highest BCUT2D eigenvalue weighted by molar-refractivity contribution is 6.32. The number of rotatable bonds is 7. The van der Waals surface area contributed by atoms with Crippen molar-refractivity contribution in [3.05, 3.63) is 58.1 Å². The van der Waals surface area contributed by atoms with E-state index in [-0.39, 0.29) is 46.4 Å². The molecule has 2 heterocycles. The van der Waals surface area contributed by atoms with Gasteiger partial charge in [-0.3, -0.25) is 14.6 Å². The number of benzene rings is 2. The fourth-order valence-electron chi connectivity index (χ4n) is 5.68. The van der Waals surface area contributed by atoms with Gasteiger partial charge in [-0.05, 0) is 70.4 Å². The summed E-state index contributed by atoms with van der Waals surface area (Å²) < 4.78 is 6.08. The van der Waals surface area contributed by atoms with Gasteiger partial charge in [-0.15, -0.1) is 0 Å². The summed E-state index contributed by atoms with van der Waals surface area (Å²) in [4.78, 5) is 26.7. The molecule has 40 heavy (non-hydrogen) atoms. The van der Waals surface area contributed by atoms with Crippen LogP contribution in [0.5, 0.6) is 11.5 Å². The molecule has 0 aromatic heterocycles. The zero-order valence-corrected chi connectivity index (χ0v) is 24.7. The van der Waals surface area contributed by atoms with Crippen molar-refractivity contribution in [3.63, 3.8) is 0 Å². The quantitative estimate of drug-likeness (QED) is 0.512. The summed E-state index contributed by atoms with van der Waals surface area (Å²) >= 11 is 6.55. The van der Waals surface area contributed by atoms with E-state index in [0.29, 0.717) is 29.2 Å². The third kappa shape index (κ3) is 6.93. The molecule has 10 heteroatoms. The molecule has 1 fully saturated rings. The lowest BCUT2D eigenvalue weighted by molar-refractivity contribution is -0.129. The number of hydrogen-bond acceptors (Lipinski definition) is 7. The molecular formula is C30H37ClN6O3. The molecule has 4 rings (SSSR count). The minimum Gasteiger partial charge on any atom is -0.454 e. The highest BCUT2D eigenvalue weighted by Crippen LogP contribution is 2.36. The van der Waals surface area contributed by atoms with E-state index in [1.54, 1.807) is 49.6 Å². The normalized spacial score (nSPS) is 19.6. The highest BCUT2D eigenvalue weighted by Gasteiger charge is 2.38. The zero-order valence-electron chi connectivity index (χ0n) is 23.9. The molecule has 9 nitrogen and oxygen atoms in total. The Morgan fingerprint density at radius 1 is 1.18 bits per heavy atom. The fraction of sp³-hybridized carbons (Fsp3) is 0.467. The van der Waals surface area contributed by atoms with Gasteiger partial charge in [-0.1, -0.05) is 23.7 Å². The van der Waals surface area contributed by atoms with E-state index in [1.807, 2.05) is 12.1 Å². The van der Waals surface area contributed by atoms with Crippen molar-refractivity contribution < 1.29 is 14.3 Å². The summed E-state index contributed by atoms with van der Waals surface area (Å²) in [7, 11) is 3.40. The Morgan fingerprint density at radius 3 is 2.50 bits per heavy atom. The minimum absolute atomic E-state index is 0.0328. The van der Waals surface area contributed by atoms with Crippen LogP contribution in [-0.2, 0) is 4.79 Å². The third-order valence-electron chi connectivity index (χ3n) is 7.14. The van der Waals surface area contributed by atoms with Crippen molar-refractivity contribution in [3.8, 4) is 17.6 Å². The van der Waals surface area contributed by atoms with Gasteiger partial charge in [0, 0.05) is 55.5 Å². The molecule has 0 aliphatic carbocycles. The first-order valence-corrected chi connectivity index (χ1v) is 13.7. The second-order valence-electron chi connectivity index (χ2n) is 12.1. The number of nitriles is 1. The SMILES string of the molecule is CN(C)C(=O)CN1CC(c2cccc(Oc3ccc(C(=O)NC4CC(C)(C)NC(C)(C)C4)cc3Cl)c2C#N)C=N1. The standard InChI is InChI=1S/C30H37ClN6O3/c1-29(2)13-21(14-30(3,4)35-29)34-28(39)19-10-11-26(24(31)12-19)40-25-9-7-8-22(23(25)15-32)20-16-33-37(17-20)18-27(38)36(5)6/h7-12,16,20-21,35H,13-14,17-18H2,1-6H3,(H,34,39). The predicted octanol–water partition coefficient (Wildman–Crippen LogP) is 4.52. The van der Waals surface area contributed by atoms with Crippen molar-refractivity contribution >= 4 is 29.6 Å².